The van der Waals surface area contributed by atoms with Crippen molar-refractivity contribution in [2.75, 3.05) is 7.11 Å². The van der Waals surface area contributed by atoms with Gasteiger partial charge in [0.05, 0.1) is 7.11 Å². The van der Waals surface area contributed by atoms with E-state index in [1.54, 1.807) is 25.4 Å². The Labute approximate surface area is 115 Å². The number of hydrogen-bond donors (Lipinski definition) is 0. The van der Waals surface area contributed by atoms with E-state index >= 15 is 0 Å². The summed E-state index contributed by atoms with van der Waals surface area (Å²) in [6.07, 6.45) is 5.17. The molecule has 2 fully saturated rings. The number of Topliss-reactive ketones (excluding diaryl/α,β-unsaturated/α-hetero) is 1. The number of aromatic nitrogens is 1. The number of fused-ring (bicyclic) bond motifs is 2. The van der Waals surface area contributed by atoms with Gasteiger partial charge >= 0.3 is 0 Å². The standard InChI is InChI=1S/C14H17NO3S/c1-18-13-8-9(4-5-15-13)14(16)10-6-11-2-3-12(7-10)19(11)17/h4-5,8,10-12H,2-3,6-7H2,1H3. The van der Waals surface area contributed by atoms with E-state index in [1.807, 2.05) is 0 Å². The Morgan fingerprint density at radius 3 is 2.68 bits per heavy atom. The molecule has 2 atom stereocenters. The normalized spacial score (nSPS) is 33.1. The molecule has 3 heterocycles. The van der Waals surface area contributed by atoms with Gasteiger partial charge in [-0.2, -0.15) is 0 Å². The summed E-state index contributed by atoms with van der Waals surface area (Å²) in [5, 5.41) is 0.466. The third-order valence-corrected chi connectivity index (χ3v) is 6.33. The summed E-state index contributed by atoms with van der Waals surface area (Å²) < 4.78 is 17.0. The van der Waals surface area contributed by atoms with Gasteiger partial charge in [-0.25, -0.2) is 4.98 Å². The molecule has 2 saturated heterocycles. The highest BCUT2D eigenvalue weighted by Gasteiger charge is 2.42. The number of carbonyl (C=O) groups excluding carboxylic acids is 1. The van der Waals surface area contributed by atoms with Gasteiger partial charge in [0.1, 0.15) is 0 Å². The number of methoxy groups -OCH3 is 1. The number of hydrogen-bond acceptors (Lipinski definition) is 4. The number of ketones is 1. The van der Waals surface area contributed by atoms with Crippen molar-refractivity contribution in [1.82, 2.24) is 4.98 Å². The fraction of sp³-hybridized carbons (Fsp3) is 0.571. The molecule has 1 aromatic heterocycles. The molecule has 1 aromatic rings. The second kappa shape index (κ2) is 5.04. The summed E-state index contributed by atoms with van der Waals surface area (Å²) in [7, 11) is 0.835. The van der Waals surface area contributed by atoms with E-state index < -0.39 is 10.8 Å². The monoisotopic (exact) mass is 279 g/mol. The van der Waals surface area contributed by atoms with Crippen LogP contribution < -0.4 is 4.74 Å². The first-order valence-electron chi connectivity index (χ1n) is 6.62. The molecule has 5 heteroatoms. The van der Waals surface area contributed by atoms with Gasteiger partial charge in [0.2, 0.25) is 5.88 Å². The van der Waals surface area contributed by atoms with Crippen LogP contribution in [-0.4, -0.2) is 32.6 Å². The highest BCUT2D eigenvalue weighted by molar-refractivity contribution is 7.86. The van der Waals surface area contributed by atoms with E-state index in [4.69, 9.17) is 4.74 Å². The van der Waals surface area contributed by atoms with Crippen molar-refractivity contribution < 1.29 is 13.7 Å². The molecule has 4 nitrogen and oxygen atoms in total. The SMILES string of the molecule is COc1cc(C(=O)C2CC3CCC(C2)S3=O)ccn1. The van der Waals surface area contributed by atoms with Gasteiger partial charge in [-0.3, -0.25) is 9.00 Å². The fourth-order valence-electron chi connectivity index (χ4n) is 3.16. The maximum Gasteiger partial charge on any atom is 0.213 e. The first-order valence-corrected chi connectivity index (χ1v) is 7.90. The van der Waals surface area contributed by atoms with Gasteiger partial charge < -0.3 is 4.74 Å². The van der Waals surface area contributed by atoms with Crippen molar-refractivity contribution in [2.24, 2.45) is 5.92 Å². The first-order chi connectivity index (χ1) is 9.19. The molecule has 0 aromatic carbocycles. The second-order valence-electron chi connectivity index (χ2n) is 5.27. The van der Waals surface area contributed by atoms with Crippen molar-refractivity contribution in [1.29, 1.82) is 0 Å². The largest absolute Gasteiger partial charge is 0.481 e. The smallest absolute Gasteiger partial charge is 0.213 e. The molecule has 0 N–H and O–H groups in total. The Kier molecular flexibility index (Phi) is 3.39. The Hall–Kier alpha value is -1.23. The molecule has 102 valence electrons. The summed E-state index contributed by atoms with van der Waals surface area (Å²) in [5.41, 5.74) is 0.656. The van der Waals surface area contributed by atoms with Crippen molar-refractivity contribution in [2.45, 2.75) is 36.2 Å². The van der Waals surface area contributed by atoms with Crippen LogP contribution >= 0.6 is 0 Å². The van der Waals surface area contributed by atoms with Crippen LogP contribution in [0.15, 0.2) is 18.3 Å². The Bertz CT molecular complexity index is 515. The fourth-order valence-corrected chi connectivity index (χ4v) is 5.28. The molecule has 2 unspecified atom stereocenters. The number of carbonyl (C=O) groups is 1. The molecule has 0 amide bonds. The van der Waals surface area contributed by atoms with Crippen LogP contribution in [0.3, 0.4) is 0 Å². The van der Waals surface area contributed by atoms with Gasteiger partial charge in [0.15, 0.2) is 5.78 Å². The van der Waals surface area contributed by atoms with Crippen molar-refractivity contribution in [3.8, 4) is 5.88 Å². The summed E-state index contributed by atoms with van der Waals surface area (Å²) in [4.78, 5) is 16.5. The number of nitrogens with zero attached hydrogens (tertiary/aromatic N) is 1. The zero-order valence-electron chi connectivity index (χ0n) is 10.9. The van der Waals surface area contributed by atoms with Gasteiger partial charge in [0, 0.05) is 45.0 Å². The lowest BCUT2D eigenvalue weighted by Crippen LogP contribution is -2.32. The van der Waals surface area contributed by atoms with Crippen LogP contribution in [-0.2, 0) is 10.8 Å². The Morgan fingerprint density at radius 1 is 1.37 bits per heavy atom. The molecular weight excluding hydrogens is 262 g/mol. The van der Waals surface area contributed by atoms with Gasteiger partial charge in [-0.05, 0) is 31.7 Å². The average molecular weight is 279 g/mol. The quantitative estimate of drug-likeness (QED) is 0.794. The molecule has 2 aliphatic heterocycles. The number of rotatable bonds is 3. The molecule has 2 aliphatic rings. The predicted molar refractivity (Wildman–Crippen MR) is 72.8 cm³/mol. The molecule has 2 bridgehead atoms. The summed E-state index contributed by atoms with van der Waals surface area (Å²) in [6.45, 7) is 0. The van der Waals surface area contributed by atoms with Crippen LogP contribution in [0.25, 0.3) is 0 Å². The zero-order chi connectivity index (χ0) is 13.4. The first kappa shape index (κ1) is 12.8. The predicted octanol–water partition coefficient (Wildman–Crippen LogP) is 1.96. The summed E-state index contributed by atoms with van der Waals surface area (Å²) >= 11 is 0. The molecular formula is C14H17NO3S. The maximum atomic E-state index is 12.5. The van der Waals surface area contributed by atoms with Crippen LogP contribution in [0.4, 0.5) is 0 Å². The van der Waals surface area contributed by atoms with Crippen LogP contribution in [0, 0.1) is 5.92 Å². The van der Waals surface area contributed by atoms with Crippen LogP contribution in [0.2, 0.25) is 0 Å². The number of ether oxygens (including phenoxy) is 1. The summed E-state index contributed by atoms with van der Waals surface area (Å²) in [6, 6.07) is 3.42. The van der Waals surface area contributed by atoms with Crippen molar-refractivity contribution >= 4 is 16.6 Å². The third kappa shape index (κ3) is 2.31. The minimum Gasteiger partial charge on any atom is -0.481 e. The minimum absolute atomic E-state index is 0.0160. The van der Waals surface area contributed by atoms with E-state index in [9.17, 15) is 9.00 Å². The lowest BCUT2D eigenvalue weighted by molar-refractivity contribution is 0.0905. The average Bonchev–Trinajstić information content (AvgIpc) is 2.68. The van der Waals surface area contributed by atoms with E-state index in [0.29, 0.717) is 11.4 Å². The van der Waals surface area contributed by atoms with Gasteiger partial charge in [-0.1, -0.05) is 0 Å². The highest BCUT2D eigenvalue weighted by atomic mass is 32.2. The van der Waals surface area contributed by atoms with Crippen molar-refractivity contribution in [3.63, 3.8) is 0 Å². The van der Waals surface area contributed by atoms with Crippen LogP contribution in [0.5, 0.6) is 5.88 Å². The van der Waals surface area contributed by atoms with E-state index in [-0.39, 0.29) is 22.2 Å². The maximum absolute atomic E-state index is 12.5. The van der Waals surface area contributed by atoms with Gasteiger partial charge in [0.25, 0.3) is 0 Å². The topological polar surface area (TPSA) is 56.3 Å². The van der Waals surface area contributed by atoms with E-state index in [2.05, 4.69) is 4.98 Å². The molecule has 0 radical (unpaired) electrons. The second-order valence-corrected chi connectivity index (χ2v) is 7.26. The molecule has 19 heavy (non-hydrogen) atoms. The molecule has 0 aliphatic carbocycles. The van der Waals surface area contributed by atoms with Gasteiger partial charge in [-0.15, -0.1) is 0 Å². The Morgan fingerprint density at radius 2 is 2.05 bits per heavy atom. The molecule has 0 saturated carbocycles. The van der Waals surface area contributed by atoms with Crippen molar-refractivity contribution in [3.05, 3.63) is 23.9 Å². The third-order valence-electron chi connectivity index (χ3n) is 4.16. The van der Waals surface area contributed by atoms with Crippen LogP contribution in [0.1, 0.15) is 36.0 Å². The van der Waals surface area contributed by atoms with E-state index in [1.165, 1.54) is 0 Å². The minimum atomic E-state index is -0.707. The molecule has 0 spiro atoms. The number of pyridine rings is 1. The lowest BCUT2D eigenvalue weighted by atomic mass is 9.91. The molecule has 3 rings (SSSR count). The lowest BCUT2D eigenvalue weighted by Gasteiger charge is -2.26. The summed E-state index contributed by atoms with van der Waals surface area (Å²) in [5.74, 6) is 0.629. The Balaban J connectivity index is 1.79. The zero-order valence-corrected chi connectivity index (χ0v) is 11.7. The van der Waals surface area contributed by atoms with E-state index in [0.717, 1.165) is 25.7 Å². The highest BCUT2D eigenvalue weighted by Crippen LogP contribution is 2.39.